The van der Waals surface area contributed by atoms with E-state index in [0.717, 1.165) is 68.1 Å². The normalized spacial score (nSPS) is 39.2. The Bertz CT molecular complexity index is 1870. The number of fused-ring (bicyclic) bond motifs is 1. The third kappa shape index (κ3) is 6.48. The van der Waals surface area contributed by atoms with Crippen LogP contribution in [0.15, 0.2) is 78.4 Å². The molecule has 4 fully saturated rings. The molecule has 0 aliphatic heterocycles. The minimum Gasteiger partial charge on any atom is -0.446 e. The number of nitrogens with zero attached hydrogens (tertiary/aromatic N) is 1. The molecule has 7 heteroatoms. The van der Waals surface area contributed by atoms with Crippen LogP contribution in [0.25, 0.3) is 11.1 Å². The number of ether oxygens (including phenoxy) is 2. The first-order valence-corrected chi connectivity index (χ1v) is 22.2. The van der Waals surface area contributed by atoms with E-state index < -0.39 is 27.9 Å². The summed E-state index contributed by atoms with van der Waals surface area (Å²) < 4.78 is 11.9. The van der Waals surface area contributed by atoms with Gasteiger partial charge in [0.05, 0.1) is 18.2 Å². The molecule has 4 saturated carbocycles. The fourth-order valence-corrected chi connectivity index (χ4v) is 13.6. The molecule has 57 heavy (non-hydrogen) atoms. The van der Waals surface area contributed by atoms with Gasteiger partial charge in [0.2, 0.25) is 0 Å². The predicted octanol–water partition coefficient (Wildman–Crippen LogP) is 10.1. The van der Waals surface area contributed by atoms with Crippen LogP contribution in [-0.4, -0.2) is 71.6 Å². The number of ketones is 1. The first-order valence-electron chi connectivity index (χ1n) is 22.2. The maximum Gasteiger partial charge on any atom is 0.410 e. The quantitative estimate of drug-likeness (QED) is 0.134. The Morgan fingerprint density at radius 2 is 1.56 bits per heavy atom. The molecular formula is C50H67NO6. The van der Waals surface area contributed by atoms with E-state index >= 15 is 4.79 Å². The Morgan fingerprint density at radius 3 is 2.28 bits per heavy atom. The number of allylic oxidation sites excluding steroid dienone is 4. The zero-order chi connectivity index (χ0) is 40.4. The monoisotopic (exact) mass is 777 g/mol. The summed E-state index contributed by atoms with van der Waals surface area (Å²) in [6.07, 6.45) is 15.2. The van der Waals surface area contributed by atoms with E-state index in [-0.39, 0.29) is 41.8 Å². The van der Waals surface area contributed by atoms with Crippen molar-refractivity contribution < 1.29 is 29.3 Å². The van der Waals surface area contributed by atoms with Crippen LogP contribution in [-0.2, 0) is 9.47 Å². The molecule has 7 aliphatic rings. The molecule has 9 rings (SSSR count). The SMILES string of the molecule is COCCCN(C[C@]1(O)CC[C@H]2[C@]34C=C[C@@]5(C=C3C(=O)c3ccc(-c6ccccc6)cc3)CC(O)CC[C@]5(C)[C@H]4CC[C@@]21C)C(=O)O[C@H]1C[C@@H](C)CC[C@@H]1C(C)C. The lowest BCUT2D eigenvalue weighted by atomic mass is 9.32. The van der Waals surface area contributed by atoms with Crippen molar-refractivity contribution in [2.75, 3.05) is 26.8 Å². The second kappa shape index (κ2) is 15.1. The molecule has 7 aliphatic carbocycles. The predicted molar refractivity (Wildman–Crippen MR) is 224 cm³/mol. The fraction of sp³-hybridized carbons (Fsp3) is 0.640. The van der Waals surface area contributed by atoms with Crippen molar-refractivity contribution >= 4 is 11.9 Å². The van der Waals surface area contributed by atoms with Gasteiger partial charge in [-0.3, -0.25) is 4.79 Å². The van der Waals surface area contributed by atoms with E-state index in [0.29, 0.717) is 55.7 Å². The number of carbonyl (C=O) groups excluding carboxylic acids is 2. The summed E-state index contributed by atoms with van der Waals surface area (Å²) in [7, 11) is 1.68. The van der Waals surface area contributed by atoms with Gasteiger partial charge in [-0.25, -0.2) is 4.79 Å². The first kappa shape index (κ1) is 40.5. The summed E-state index contributed by atoms with van der Waals surface area (Å²) in [5.74, 6) is 1.49. The highest BCUT2D eigenvalue weighted by atomic mass is 16.6. The summed E-state index contributed by atoms with van der Waals surface area (Å²) in [5.41, 5.74) is 0.871. The maximum absolute atomic E-state index is 15.2. The van der Waals surface area contributed by atoms with Crippen LogP contribution in [0.2, 0.25) is 0 Å². The van der Waals surface area contributed by atoms with E-state index in [1.54, 1.807) is 12.0 Å². The third-order valence-corrected chi connectivity index (χ3v) is 16.9. The van der Waals surface area contributed by atoms with Gasteiger partial charge in [0.15, 0.2) is 5.78 Å². The molecule has 2 spiro atoms. The van der Waals surface area contributed by atoms with Gasteiger partial charge >= 0.3 is 6.09 Å². The number of aliphatic hydroxyl groups excluding tert-OH is 1. The van der Waals surface area contributed by atoms with Crippen molar-refractivity contribution in [3.05, 3.63) is 84.0 Å². The molecule has 0 aromatic heterocycles. The van der Waals surface area contributed by atoms with Crippen molar-refractivity contribution in [1.82, 2.24) is 4.90 Å². The number of hydrogen-bond acceptors (Lipinski definition) is 6. The summed E-state index contributed by atoms with van der Waals surface area (Å²) in [6, 6.07) is 18.3. The van der Waals surface area contributed by atoms with Gasteiger partial charge in [-0.1, -0.05) is 114 Å². The van der Waals surface area contributed by atoms with Crippen LogP contribution in [0.4, 0.5) is 4.79 Å². The Labute approximate surface area is 341 Å². The van der Waals surface area contributed by atoms with E-state index in [9.17, 15) is 15.0 Å². The lowest BCUT2D eigenvalue weighted by molar-refractivity contribution is -0.175. The number of methoxy groups -OCH3 is 1. The second-order valence-electron chi connectivity index (χ2n) is 20.1. The smallest absolute Gasteiger partial charge is 0.410 e. The van der Waals surface area contributed by atoms with Gasteiger partial charge < -0.3 is 24.6 Å². The molecule has 0 radical (unpaired) electrons. The molecule has 0 heterocycles. The molecular weight excluding hydrogens is 711 g/mol. The van der Waals surface area contributed by atoms with Gasteiger partial charge in [0.25, 0.3) is 0 Å². The topological polar surface area (TPSA) is 96.3 Å². The Kier molecular flexibility index (Phi) is 10.7. The second-order valence-corrected chi connectivity index (χ2v) is 20.1. The van der Waals surface area contributed by atoms with Crippen molar-refractivity contribution in [1.29, 1.82) is 0 Å². The fourth-order valence-electron chi connectivity index (χ4n) is 13.6. The van der Waals surface area contributed by atoms with E-state index in [1.807, 2.05) is 30.3 Å². The maximum atomic E-state index is 15.2. The molecule has 11 atom stereocenters. The molecule has 2 aromatic carbocycles. The van der Waals surface area contributed by atoms with Crippen LogP contribution in [0, 0.1) is 51.2 Å². The molecule has 2 N–H and O–H groups in total. The average Bonchev–Trinajstić information content (AvgIpc) is 3.47. The minimum atomic E-state index is -1.17. The molecule has 2 bridgehead atoms. The molecule has 2 aromatic rings. The van der Waals surface area contributed by atoms with Crippen molar-refractivity contribution in [3.63, 3.8) is 0 Å². The number of rotatable bonds is 11. The molecule has 1 amide bonds. The lowest BCUT2D eigenvalue weighted by Gasteiger charge is -2.71. The molecule has 0 saturated heterocycles. The molecule has 1 unspecified atom stereocenters. The van der Waals surface area contributed by atoms with Gasteiger partial charge in [-0.2, -0.15) is 0 Å². The number of benzene rings is 2. The van der Waals surface area contributed by atoms with Crippen molar-refractivity contribution in [2.24, 2.45) is 51.2 Å². The summed E-state index contributed by atoms with van der Waals surface area (Å²) in [4.78, 5) is 31.3. The Balaban J connectivity index is 1.14. The van der Waals surface area contributed by atoms with Crippen molar-refractivity contribution in [3.8, 4) is 11.1 Å². The van der Waals surface area contributed by atoms with Crippen LogP contribution in [0.5, 0.6) is 0 Å². The van der Waals surface area contributed by atoms with Gasteiger partial charge in [-0.05, 0) is 110 Å². The van der Waals surface area contributed by atoms with Crippen LogP contribution >= 0.6 is 0 Å². The Hall–Kier alpha value is -3.26. The number of Topliss-reactive ketones (excluding diaryl/α,β-unsaturated/α-hetero) is 1. The zero-order valence-corrected chi connectivity index (χ0v) is 35.3. The van der Waals surface area contributed by atoms with Crippen molar-refractivity contribution in [2.45, 2.75) is 123 Å². The number of hydrogen-bond donors (Lipinski definition) is 2. The highest BCUT2D eigenvalue weighted by molar-refractivity contribution is 6.10. The number of amides is 1. The summed E-state index contributed by atoms with van der Waals surface area (Å²) in [5, 5.41) is 24.3. The van der Waals surface area contributed by atoms with Crippen LogP contribution in [0.3, 0.4) is 0 Å². The highest BCUT2D eigenvalue weighted by Crippen LogP contribution is 2.78. The molecule has 308 valence electrons. The zero-order valence-electron chi connectivity index (χ0n) is 35.3. The lowest BCUT2D eigenvalue weighted by Crippen LogP contribution is -2.67. The van der Waals surface area contributed by atoms with E-state index in [2.05, 4.69) is 77.1 Å². The number of aliphatic hydroxyl groups is 2. The average molecular weight is 778 g/mol. The highest BCUT2D eigenvalue weighted by Gasteiger charge is 2.74. The largest absolute Gasteiger partial charge is 0.446 e. The van der Waals surface area contributed by atoms with E-state index in [1.165, 1.54) is 0 Å². The number of carbonyl (C=O) groups is 2. The van der Waals surface area contributed by atoms with Crippen LogP contribution < -0.4 is 0 Å². The minimum absolute atomic E-state index is 0.00729. The molecule has 7 nitrogen and oxygen atoms in total. The van der Waals surface area contributed by atoms with E-state index in [4.69, 9.17) is 9.47 Å². The van der Waals surface area contributed by atoms with Crippen LogP contribution in [0.1, 0.15) is 116 Å². The standard InChI is InChI=1S/C50H67NO6/c1-33(2)39-18-13-34(3)29-41(39)57-45(54)51(27-10-28-56-6)32-49(55)24-21-43-47(49,5)23-20-42-46(4)22-19-38(52)30-48(46)25-26-50(42,43)40(31-48)44(53)37-16-14-36(15-17-37)35-11-8-7-9-12-35/h7-9,11-12,14-17,25-26,31,33-34,38-39,41-43,52,55H,10,13,18-24,27-30,32H2,1-6H3/t34-,38?,39+,41-,42+,43+,46+,47-,48-,49+,50+/m0/s1. The third-order valence-electron chi connectivity index (χ3n) is 16.9. The first-order chi connectivity index (χ1) is 27.2. The summed E-state index contributed by atoms with van der Waals surface area (Å²) in [6.45, 7) is 12.5. The van der Waals surface area contributed by atoms with Gasteiger partial charge in [0, 0.05) is 47.6 Å². The Morgan fingerprint density at radius 1 is 0.877 bits per heavy atom. The van der Waals surface area contributed by atoms with Gasteiger partial charge in [-0.15, -0.1) is 0 Å². The van der Waals surface area contributed by atoms with Gasteiger partial charge in [0.1, 0.15) is 6.10 Å². The summed E-state index contributed by atoms with van der Waals surface area (Å²) >= 11 is 0.